The lowest BCUT2D eigenvalue weighted by atomic mass is 10.2. The van der Waals surface area contributed by atoms with Crippen LogP contribution in [0.3, 0.4) is 0 Å². The predicted molar refractivity (Wildman–Crippen MR) is 79.4 cm³/mol. The molecule has 0 radical (unpaired) electrons. The van der Waals surface area contributed by atoms with E-state index in [0.717, 1.165) is 40.9 Å². The van der Waals surface area contributed by atoms with E-state index in [1.165, 1.54) is 17.5 Å². The van der Waals surface area contributed by atoms with Crippen LogP contribution in [0.4, 0.5) is 11.4 Å². The minimum atomic E-state index is 0.872. The number of rotatable bonds is 4. The summed E-state index contributed by atoms with van der Waals surface area (Å²) in [6, 6.07) is 4.23. The Kier molecular flexibility index (Phi) is 2.90. The van der Waals surface area contributed by atoms with Crippen LogP contribution in [0.15, 0.2) is 12.1 Å². The number of nitrogen functional groups attached to an aromatic ring is 1. The van der Waals surface area contributed by atoms with Gasteiger partial charge in [-0.05, 0) is 44.7 Å². The molecule has 0 atom stereocenters. The second-order valence-corrected chi connectivity index (χ2v) is 6.33. The fourth-order valence-electron chi connectivity index (χ4n) is 2.38. The van der Waals surface area contributed by atoms with E-state index >= 15 is 0 Å². The molecule has 1 aliphatic carbocycles. The third-order valence-electron chi connectivity index (χ3n) is 3.54. The van der Waals surface area contributed by atoms with Gasteiger partial charge in [0, 0.05) is 13.1 Å². The van der Waals surface area contributed by atoms with E-state index in [-0.39, 0.29) is 0 Å². The first-order valence-electron chi connectivity index (χ1n) is 6.59. The number of fused-ring (bicyclic) bond motifs is 1. The van der Waals surface area contributed by atoms with Crippen molar-refractivity contribution in [2.75, 3.05) is 23.7 Å². The highest BCUT2D eigenvalue weighted by Crippen LogP contribution is 2.35. The summed E-state index contributed by atoms with van der Waals surface area (Å²) in [5.74, 6) is 0.872. The van der Waals surface area contributed by atoms with Crippen molar-refractivity contribution in [3.05, 3.63) is 17.1 Å². The molecule has 1 aromatic heterocycles. The lowest BCUT2D eigenvalue weighted by Crippen LogP contribution is -2.26. The Morgan fingerprint density at radius 2 is 2.22 bits per heavy atom. The lowest BCUT2D eigenvalue weighted by molar-refractivity contribution is 0.743. The predicted octanol–water partition coefficient (Wildman–Crippen LogP) is 3.42. The first-order valence-corrected chi connectivity index (χ1v) is 7.40. The summed E-state index contributed by atoms with van der Waals surface area (Å²) in [5, 5.41) is 1.10. The molecule has 0 unspecified atom stereocenters. The van der Waals surface area contributed by atoms with E-state index in [1.54, 1.807) is 11.3 Å². The van der Waals surface area contributed by atoms with Gasteiger partial charge in [-0.1, -0.05) is 0 Å². The minimum absolute atomic E-state index is 0.872. The Hall–Kier alpha value is -1.29. The Morgan fingerprint density at radius 1 is 1.44 bits per heavy atom. The highest BCUT2D eigenvalue weighted by atomic mass is 32.1. The van der Waals surface area contributed by atoms with Crippen LogP contribution in [0.2, 0.25) is 0 Å². The summed E-state index contributed by atoms with van der Waals surface area (Å²) in [6.45, 7) is 6.38. The van der Waals surface area contributed by atoms with Crippen LogP contribution in [0.1, 0.15) is 24.8 Å². The highest BCUT2D eigenvalue weighted by molar-refractivity contribution is 7.18. The summed E-state index contributed by atoms with van der Waals surface area (Å²) < 4.78 is 1.19. The van der Waals surface area contributed by atoms with E-state index in [4.69, 9.17) is 5.73 Å². The third kappa shape index (κ3) is 2.17. The largest absolute Gasteiger partial charge is 0.397 e. The van der Waals surface area contributed by atoms with E-state index in [0.29, 0.717) is 0 Å². The molecule has 0 aliphatic heterocycles. The summed E-state index contributed by atoms with van der Waals surface area (Å²) in [5.41, 5.74) is 9.32. The normalized spacial score (nSPS) is 15.2. The van der Waals surface area contributed by atoms with Crippen LogP contribution >= 0.6 is 11.3 Å². The van der Waals surface area contributed by atoms with Crippen molar-refractivity contribution in [1.82, 2.24) is 4.98 Å². The minimum Gasteiger partial charge on any atom is -0.397 e. The third-order valence-corrected chi connectivity index (χ3v) is 4.48. The molecule has 3 nitrogen and oxygen atoms in total. The fourth-order valence-corrected chi connectivity index (χ4v) is 3.23. The molecule has 1 aliphatic rings. The molecule has 1 saturated carbocycles. The summed E-state index contributed by atoms with van der Waals surface area (Å²) in [6.07, 6.45) is 2.74. The van der Waals surface area contributed by atoms with Crippen molar-refractivity contribution >= 4 is 32.9 Å². The number of thiazole rings is 1. The Labute approximate surface area is 112 Å². The fraction of sp³-hybridized carbons (Fsp3) is 0.500. The number of nitrogens with two attached hydrogens (primary N) is 1. The molecule has 4 heteroatoms. The molecule has 96 valence electrons. The number of anilines is 2. The van der Waals surface area contributed by atoms with Gasteiger partial charge >= 0.3 is 0 Å². The summed E-state index contributed by atoms with van der Waals surface area (Å²) in [7, 11) is 0. The van der Waals surface area contributed by atoms with Gasteiger partial charge in [0.15, 0.2) is 0 Å². The van der Waals surface area contributed by atoms with Gasteiger partial charge in [0.05, 0.1) is 26.6 Å². The second kappa shape index (κ2) is 4.43. The number of hydrogen-bond acceptors (Lipinski definition) is 4. The van der Waals surface area contributed by atoms with Crippen LogP contribution < -0.4 is 10.6 Å². The van der Waals surface area contributed by atoms with Gasteiger partial charge in [-0.2, -0.15) is 0 Å². The standard InChI is InChI=1S/C14H19N3S/c1-3-17(8-10-4-5-10)13-7-12-14(6-11(13)15)18-9(2)16-12/h6-7,10H,3-5,8,15H2,1-2H3. The Bertz CT molecular complexity index is 572. The number of aryl methyl sites for hydroxylation is 1. The molecule has 1 fully saturated rings. The first-order chi connectivity index (χ1) is 8.67. The average Bonchev–Trinajstić information content (AvgIpc) is 3.07. The maximum Gasteiger partial charge on any atom is 0.0907 e. The van der Waals surface area contributed by atoms with Crippen LogP contribution in [0.5, 0.6) is 0 Å². The van der Waals surface area contributed by atoms with Gasteiger partial charge in [-0.25, -0.2) is 4.98 Å². The quantitative estimate of drug-likeness (QED) is 0.857. The van der Waals surface area contributed by atoms with E-state index < -0.39 is 0 Å². The van der Waals surface area contributed by atoms with Crippen LogP contribution in [-0.2, 0) is 0 Å². The highest BCUT2D eigenvalue weighted by Gasteiger charge is 2.24. The molecule has 0 bridgehead atoms. The van der Waals surface area contributed by atoms with Crippen LogP contribution in [0.25, 0.3) is 10.2 Å². The number of aromatic nitrogens is 1. The lowest BCUT2D eigenvalue weighted by Gasteiger charge is -2.24. The second-order valence-electron chi connectivity index (χ2n) is 5.09. The van der Waals surface area contributed by atoms with Gasteiger partial charge < -0.3 is 10.6 Å². The van der Waals surface area contributed by atoms with Gasteiger partial charge in [-0.3, -0.25) is 0 Å². The van der Waals surface area contributed by atoms with Crippen molar-refractivity contribution < 1.29 is 0 Å². The molecule has 3 rings (SSSR count). The molecule has 2 aromatic rings. The molecule has 0 saturated heterocycles. The van der Waals surface area contributed by atoms with E-state index in [9.17, 15) is 0 Å². The zero-order valence-electron chi connectivity index (χ0n) is 10.9. The number of nitrogens with zero attached hydrogens (tertiary/aromatic N) is 2. The maximum atomic E-state index is 6.21. The van der Waals surface area contributed by atoms with Gasteiger partial charge in [-0.15, -0.1) is 11.3 Å². The van der Waals surface area contributed by atoms with Gasteiger partial charge in [0.2, 0.25) is 0 Å². The van der Waals surface area contributed by atoms with Crippen molar-refractivity contribution in [3.8, 4) is 0 Å². The van der Waals surface area contributed by atoms with Gasteiger partial charge in [0.1, 0.15) is 0 Å². The monoisotopic (exact) mass is 261 g/mol. The van der Waals surface area contributed by atoms with Crippen molar-refractivity contribution in [1.29, 1.82) is 0 Å². The van der Waals surface area contributed by atoms with Crippen molar-refractivity contribution in [2.24, 2.45) is 5.92 Å². The molecular formula is C14H19N3S. The zero-order chi connectivity index (χ0) is 12.7. The topological polar surface area (TPSA) is 42.2 Å². The molecule has 1 aromatic carbocycles. The summed E-state index contributed by atoms with van der Waals surface area (Å²) >= 11 is 1.71. The van der Waals surface area contributed by atoms with Crippen molar-refractivity contribution in [2.45, 2.75) is 26.7 Å². The summed E-state index contributed by atoms with van der Waals surface area (Å²) in [4.78, 5) is 6.95. The molecule has 0 amide bonds. The number of hydrogen-bond donors (Lipinski definition) is 1. The van der Waals surface area contributed by atoms with Crippen LogP contribution in [0, 0.1) is 12.8 Å². The Morgan fingerprint density at radius 3 is 2.89 bits per heavy atom. The molecular weight excluding hydrogens is 242 g/mol. The average molecular weight is 261 g/mol. The van der Waals surface area contributed by atoms with Gasteiger partial charge in [0.25, 0.3) is 0 Å². The molecule has 2 N–H and O–H groups in total. The molecule has 1 heterocycles. The van der Waals surface area contributed by atoms with Crippen LogP contribution in [-0.4, -0.2) is 18.1 Å². The zero-order valence-corrected chi connectivity index (χ0v) is 11.8. The van der Waals surface area contributed by atoms with E-state index in [2.05, 4.69) is 28.9 Å². The maximum absolute atomic E-state index is 6.21. The molecule has 18 heavy (non-hydrogen) atoms. The smallest absolute Gasteiger partial charge is 0.0907 e. The Balaban J connectivity index is 1.99. The number of benzene rings is 1. The van der Waals surface area contributed by atoms with Crippen molar-refractivity contribution in [3.63, 3.8) is 0 Å². The molecule has 0 spiro atoms. The SMILES string of the molecule is CCN(CC1CC1)c1cc2nc(C)sc2cc1N. The van der Waals surface area contributed by atoms with E-state index in [1.807, 2.05) is 6.92 Å². The first kappa shape index (κ1) is 11.8.